The largest absolute Gasteiger partial charge is 0.367 e. The van der Waals surface area contributed by atoms with Crippen molar-refractivity contribution in [1.82, 2.24) is 68.0 Å². The number of hydrogen-bond donors (Lipinski definition) is 5. The number of nitrogens with one attached hydrogen (secondary N) is 5. The molecule has 0 radical (unpaired) electrons. The summed E-state index contributed by atoms with van der Waals surface area (Å²) in [6, 6.07) is 29.9. The van der Waals surface area contributed by atoms with Crippen molar-refractivity contribution in [2.45, 2.75) is 105 Å². The molecule has 3 aromatic carbocycles. The Balaban J connectivity index is 0.000000137. The lowest BCUT2D eigenvalue weighted by Crippen LogP contribution is -2.10. The molecule has 11 heterocycles. The van der Waals surface area contributed by atoms with E-state index in [4.69, 9.17) is 21.5 Å². The SMILES string of the molecule is CCC(C)c1cnc2c(NCCc3c[nH]c4ccccc34)nc(-c3cncc(F)c3)cn12.CCC(C)c1cnc2c(NCCc3ccc(C)cc3)nc(-c3cncc(F)c3)cn12.[C-]#[N+]c1cncc(-c2cn3c(C(C)CC)cnc3c(NCCc3c[nH]c4ccccc34)n2)c1. The number of rotatable bonds is 21. The Kier molecular flexibility index (Phi) is 19.6. The fourth-order valence-corrected chi connectivity index (χ4v) is 11.6. The summed E-state index contributed by atoms with van der Waals surface area (Å²) < 4.78 is 33.8. The van der Waals surface area contributed by atoms with Gasteiger partial charge in [0.1, 0.15) is 11.6 Å². The molecule has 20 heteroatoms. The number of benzene rings is 3. The van der Waals surface area contributed by atoms with Crippen molar-refractivity contribution in [2.24, 2.45) is 0 Å². The third kappa shape index (κ3) is 14.4. The van der Waals surface area contributed by atoms with Crippen LogP contribution >= 0.6 is 0 Å². The van der Waals surface area contributed by atoms with Gasteiger partial charge in [0, 0.05) is 150 Å². The molecule has 0 spiro atoms. The predicted molar refractivity (Wildman–Crippen MR) is 375 cm³/mol. The van der Waals surface area contributed by atoms with E-state index in [-0.39, 0.29) is 11.6 Å². The number of aryl methyl sites for hydroxylation is 1. The van der Waals surface area contributed by atoms with Gasteiger partial charge in [-0.05, 0) is 110 Å². The topological polar surface area (TPSA) is 201 Å². The Morgan fingerprint density at radius 1 is 0.484 bits per heavy atom. The standard InChI is InChI=1S/C26H25N7.C25H25FN6.C24H26FN5/c1-4-17(2)24-15-31-26-25(29-10-9-18-13-30-22-8-6-5-7-21(18)22)32-23(16-33(24)26)19-11-20(27-3)14-28-12-19;1-3-16(2)23-14-30-25-24(28-9-8-17-12-29-21-7-5-4-6-20(17)21)31-22(15-32(23)25)18-10-19(26)13-27-11-18;1-4-17(3)22-14-28-24-23(27-10-9-18-7-5-16(2)6-8-18)29-21(15-30(22)24)19-11-20(25)13-26-12-19/h5-8,11-17,30H,4,9-10H2,1-2H3,(H,29,32);4-7,10-16,29H,3,8-9H2,1-2H3,(H,28,31);5-8,11-15,17H,4,9-10H2,1-3H3,(H,27,29). The Hall–Kier alpha value is -11.2. The van der Waals surface area contributed by atoms with E-state index < -0.39 is 0 Å². The molecular formula is C75H76F2N18. The molecule has 3 unspecified atom stereocenters. The number of anilines is 3. The van der Waals surface area contributed by atoms with Gasteiger partial charge in [-0.25, -0.2) is 43.5 Å². The van der Waals surface area contributed by atoms with Crippen molar-refractivity contribution >= 4 is 61.9 Å². The zero-order valence-electron chi connectivity index (χ0n) is 54.4. The van der Waals surface area contributed by atoms with Crippen LogP contribution < -0.4 is 16.0 Å². The average Bonchev–Trinajstić information content (AvgIpc) is 1.73. The lowest BCUT2D eigenvalue weighted by Gasteiger charge is -2.13. The van der Waals surface area contributed by atoms with Crippen LogP contribution in [0.4, 0.5) is 31.9 Å². The molecule has 0 bridgehead atoms. The minimum absolute atomic E-state index is 0.338. The summed E-state index contributed by atoms with van der Waals surface area (Å²) in [7, 11) is 0. The maximum Gasteiger partial charge on any atom is 0.205 e. The third-order valence-corrected chi connectivity index (χ3v) is 17.6. The van der Waals surface area contributed by atoms with Crippen molar-refractivity contribution in [3.05, 3.63) is 240 Å². The molecule has 11 aromatic heterocycles. The molecule has 0 saturated heterocycles. The monoisotopic (exact) mass is 1270 g/mol. The molecule has 0 aliphatic heterocycles. The molecule has 5 N–H and O–H groups in total. The zero-order chi connectivity index (χ0) is 66.0. The third-order valence-electron chi connectivity index (χ3n) is 17.6. The highest BCUT2D eigenvalue weighted by Crippen LogP contribution is 2.32. The number of para-hydroxylation sites is 2. The lowest BCUT2D eigenvalue weighted by atomic mass is 10.1. The van der Waals surface area contributed by atoms with E-state index in [0.717, 1.165) is 114 Å². The van der Waals surface area contributed by atoms with Gasteiger partial charge in [-0.3, -0.25) is 28.2 Å². The first-order valence-corrected chi connectivity index (χ1v) is 32.4. The van der Waals surface area contributed by atoms with E-state index >= 15 is 0 Å². The second-order valence-electron chi connectivity index (χ2n) is 24.0. The van der Waals surface area contributed by atoms with Gasteiger partial charge in [0.15, 0.2) is 34.4 Å². The number of fused-ring (bicyclic) bond motifs is 5. The van der Waals surface area contributed by atoms with Crippen molar-refractivity contribution in [1.29, 1.82) is 0 Å². The van der Waals surface area contributed by atoms with Crippen molar-refractivity contribution in [3.63, 3.8) is 0 Å². The molecule has 14 aromatic rings. The van der Waals surface area contributed by atoms with E-state index in [1.807, 2.05) is 55.4 Å². The molecule has 0 aliphatic carbocycles. The number of nitrogens with zero attached hydrogens (tertiary/aromatic N) is 13. The minimum atomic E-state index is -0.383. The van der Waals surface area contributed by atoms with Gasteiger partial charge in [0.25, 0.3) is 0 Å². The van der Waals surface area contributed by atoms with Crippen molar-refractivity contribution in [2.75, 3.05) is 35.6 Å². The zero-order valence-corrected chi connectivity index (χ0v) is 54.4. The highest BCUT2D eigenvalue weighted by atomic mass is 19.1. The van der Waals surface area contributed by atoms with Crippen LogP contribution in [-0.4, -0.2) is 87.7 Å². The smallest absolute Gasteiger partial charge is 0.205 e. The molecule has 95 heavy (non-hydrogen) atoms. The molecule has 18 nitrogen and oxygen atoms in total. The molecule has 0 fully saturated rings. The Morgan fingerprint density at radius 3 is 1.27 bits per heavy atom. The predicted octanol–water partition coefficient (Wildman–Crippen LogP) is 17.0. The number of pyridine rings is 3. The number of hydrogen-bond acceptors (Lipinski definition) is 12. The number of halogens is 2. The fourth-order valence-electron chi connectivity index (χ4n) is 11.6. The van der Waals surface area contributed by atoms with E-state index in [1.54, 1.807) is 24.8 Å². The van der Waals surface area contributed by atoms with Gasteiger partial charge in [-0.15, -0.1) is 0 Å². The van der Waals surface area contributed by atoms with Gasteiger partial charge in [0.05, 0.1) is 36.0 Å². The van der Waals surface area contributed by atoms with Crippen LogP contribution in [0.3, 0.4) is 0 Å². The van der Waals surface area contributed by atoms with Crippen LogP contribution in [0.15, 0.2) is 178 Å². The maximum absolute atomic E-state index is 13.8. The van der Waals surface area contributed by atoms with Crippen LogP contribution in [0.25, 0.3) is 77.4 Å². The molecule has 3 atom stereocenters. The average molecular weight is 1270 g/mol. The normalized spacial score (nSPS) is 12.3. The molecule has 14 rings (SSSR count). The molecule has 480 valence electrons. The van der Waals surface area contributed by atoms with Gasteiger partial charge in [-0.1, -0.05) is 108 Å². The van der Waals surface area contributed by atoms with E-state index in [1.165, 1.54) is 57.6 Å². The summed E-state index contributed by atoms with van der Waals surface area (Å²) >= 11 is 0. The number of imidazole rings is 3. The van der Waals surface area contributed by atoms with Gasteiger partial charge in [-0.2, -0.15) is 0 Å². The minimum Gasteiger partial charge on any atom is -0.367 e. The van der Waals surface area contributed by atoms with Crippen LogP contribution in [-0.2, 0) is 19.3 Å². The van der Waals surface area contributed by atoms with E-state index in [2.05, 4.69) is 195 Å². The second kappa shape index (κ2) is 29.2. The quantitative estimate of drug-likeness (QED) is 0.0427. The first-order chi connectivity index (χ1) is 46.4. The maximum atomic E-state index is 13.8. The Morgan fingerprint density at radius 2 is 0.874 bits per heavy atom. The van der Waals surface area contributed by atoms with Gasteiger partial charge in [0.2, 0.25) is 5.69 Å². The van der Waals surface area contributed by atoms with Crippen LogP contribution in [0, 0.1) is 25.1 Å². The molecular weight excluding hydrogens is 1190 g/mol. The summed E-state index contributed by atoms with van der Waals surface area (Å²) in [4.78, 5) is 50.8. The first-order valence-electron chi connectivity index (χ1n) is 32.4. The number of aromatic nitrogens is 14. The Labute approximate surface area is 550 Å². The highest BCUT2D eigenvalue weighted by Gasteiger charge is 2.20. The highest BCUT2D eigenvalue weighted by molar-refractivity contribution is 5.84. The van der Waals surface area contributed by atoms with Crippen molar-refractivity contribution in [3.8, 4) is 33.8 Å². The fraction of sp³-hybridized carbons (Fsp3) is 0.253. The number of aromatic amines is 2. The summed E-state index contributed by atoms with van der Waals surface area (Å²) in [5, 5.41) is 12.9. The first kappa shape index (κ1) is 63.9. The van der Waals surface area contributed by atoms with Crippen LogP contribution in [0.2, 0.25) is 0 Å². The van der Waals surface area contributed by atoms with Gasteiger partial charge >= 0.3 is 0 Å². The lowest BCUT2D eigenvalue weighted by molar-refractivity contribution is 0.621. The Bertz CT molecular complexity index is 4990. The molecule has 0 aliphatic rings. The van der Waals surface area contributed by atoms with E-state index in [0.29, 0.717) is 64.1 Å². The van der Waals surface area contributed by atoms with Crippen LogP contribution in [0.5, 0.6) is 0 Å². The second-order valence-corrected chi connectivity index (χ2v) is 24.0. The summed E-state index contributed by atoms with van der Waals surface area (Å²) in [6.07, 6.45) is 30.3. The summed E-state index contributed by atoms with van der Waals surface area (Å²) in [5.74, 6) is 2.39. The number of H-pyrrole nitrogens is 2. The van der Waals surface area contributed by atoms with E-state index in [9.17, 15) is 8.78 Å². The van der Waals surface area contributed by atoms with Gasteiger partial charge < -0.3 is 25.9 Å². The molecule has 0 amide bonds. The summed E-state index contributed by atoms with van der Waals surface area (Å²) in [6.45, 7) is 24.6. The molecule has 0 saturated carbocycles. The van der Waals surface area contributed by atoms with Crippen molar-refractivity contribution < 1.29 is 8.78 Å². The van der Waals surface area contributed by atoms with Crippen LogP contribution in [0.1, 0.15) is 118 Å². The summed E-state index contributed by atoms with van der Waals surface area (Å²) in [5.41, 5.74) is 17.7.